The number of hydrogen-bond donors (Lipinski definition) is 1. The quantitative estimate of drug-likeness (QED) is 0.482. The molecule has 1 heterocycles. The zero-order chi connectivity index (χ0) is 14.2. The highest BCUT2D eigenvalue weighted by molar-refractivity contribution is 8.01. The van der Waals surface area contributed by atoms with Crippen LogP contribution in [0.2, 0.25) is 0 Å². The molecule has 0 aliphatic rings. The predicted molar refractivity (Wildman–Crippen MR) is 84.3 cm³/mol. The molecule has 0 radical (unpaired) electrons. The second-order valence-electron chi connectivity index (χ2n) is 4.29. The molecule has 0 unspecified atom stereocenters. The van der Waals surface area contributed by atoms with E-state index in [2.05, 4.69) is 22.4 Å². The number of benzene rings is 1. The Hall–Kier alpha value is -1.40. The van der Waals surface area contributed by atoms with Gasteiger partial charge in [-0.2, -0.15) is 0 Å². The number of amides is 1. The zero-order valence-electron chi connectivity index (χ0n) is 11.3. The van der Waals surface area contributed by atoms with Crippen molar-refractivity contribution in [2.75, 3.05) is 11.1 Å². The molecule has 4 nitrogen and oxygen atoms in total. The van der Waals surface area contributed by atoms with Crippen molar-refractivity contribution < 1.29 is 4.79 Å². The van der Waals surface area contributed by atoms with Crippen LogP contribution in [0.25, 0.3) is 0 Å². The highest BCUT2D eigenvalue weighted by Crippen LogP contribution is 2.26. The molecular formula is C14H17N3OS2. The van der Waals surface area contributed by atoms with Crippen molar-refractivity contribution >= 4 is 34.1 Å². The third-order valence-electron chi connectivity index (χ3n) is 2.58. The van der Waals surface area contributed by atoms with Crippen LogP contribution < -0.4 is 5.32 Å². The lowest BCUT2D eigenvalue weighted by molar-refractivity contribution is -0.115. The molecule has 20 heavy (non-hydrogen) atoms. The van der Waals surface area contributed by atoms with E-state index in [4.69, 9.17) is 0 Å². The zero-order valence-corrected chi connectivity index (χ0v) is 13.0. The molecule has 0 saturated carbocycles. The number of hydrogen-bond acceptors (Lipinski definition) is 5. The van der Waals surface area contributed by atoms with E-state index in [0.717, 1.165) is 15.7 Å². The minimum Gasteiger partial charge on any atom is -0.300 e. The fraction of sp³-hybridized carbons (Fsp3) is 0.357. The van der Waals surface area contributed by atoms with Gasteiger partial charge < -0.3 is 5.32 Å². The van der Waals surface area contributed by atoms with Gasteiger partial charge in [0.05, 0.1) is 6.42 Å². The molecule has 1 amide bonds. The number of rotatable bonds is 7. The molecule has 106 valence electrons. The molecule has 0 atom stereocenters. The van der Waals surface area contributed by atoms with E-state index in [-0.39, 0.29) is 5.91 Å². The molecule has 6 heteroatoms. The van der Waals surface area contributed by atoms with Gasteiger partial charge in [0, 0.05) is 5.75 Å². The Morgan fingerprint density at radius 1 is 1.30 bits per heavy atom. The molecule has 1 aromatic carbocycles. The van der Waals surface area contributed by atoms with E-state index in [0.29, 0.717) is 11.6 Å². The van der Waals surface area contributed by atoms with Crippen LogP contribution in [0.4, 0.5) is 5.13 Å². The van der Waals surface area contributed by atoms with Gasteiger partial charge >= 0.3 is 0 Å². The molecule has 0 aliphatic carbocycles. The number of aromatic nitrogens is 2. The van der Waals surface area contributed by atoms with Gasteiger partial charge in [-0.05, 0) is 12.0 Å². The summed E-state index contributed by atoms with van der Waals surface area (Å²) >= 11 is 3.12. The van der Waals surface area contributed by atoms with Crippen molar-refractivity contribution in [1.82, 2.24) is 10.2 Å². The van der Waals surface area contributed by atoms with Crippen molar-refractivity contribution in [3.05, 3.63) is 35.9 Å². The summed E-state index contributed by atoms with van der Waals surface area (Å²) in [6.07, 6.45) is 2.70. The number of nitrogens with one attached hydrogen (secondary N) is 1. The maximum absolute atomic E-state index is 11.9. The van der Waals surface area contributed by atoms with Gasteiger partial charge in [0.2, 0.25) is 11.0 Å². The van der Waals surface area contributed by atoms with E-state index in [1.807, 2.05) is 30.3 Å². The number of anilines is 1. The van der Waals surface area contributed by atoms with Gasteiger partial charge in [-0.25, -0.2) is 0 Å². The van der Waals surface area contributed by atoms with E-state index < -0.39 is 0 Å². The summed E-state index contributed by atoms with van der Waals surface area (Å²) in [6.45, 7) is 2.16. The average molecular weight is 307 g/mol. The molecule has 2 aromatic rings. The van der Waals surface area contributed by atoms with Crippen LogP contribution >= 0.6 is 23.1 Å². The Labute approximate surface area is 127 Å². The first-order valence-corrected chi connectivity index (χ1v) is 8.38. The molecule has 1 N–H and O–H groups in total. The van der Waals surface area contributed by atoms with E-state index in [1.54, 1.807) is 11.8 Å². The lowest BCUT2D eigenvalue weighted by atomic mass is 10.1. The van der Waals surface area contributed by atoms with Gasteiger partial charge in [0.25, 0.3) is 0 Å². The molecule has 0 bridgehead atoms. The minimum absolute atomic E-state index is 0.0579. The highest BCUT2D eigenvalue weighted by atomic mass is 32.2. The summed E-state index contributed by atoms with van der Waals surface area (Å²) < 4.78 is 0.911. The summed E-state index contributed by atoms with van der Waals surface area (Å²) in [5, 5.41) is 11.4. The standard InChI is InChI=1S/C14H17N3OS2/c1-2-3-9-19-14-17-16-13(20-14)15-12(18)10-11-7-5-4-6-8-11/h4-8H,2-3,9-10H2,1H3,(H,15,16,18). The maximum Gasteiger partial charge on any atom is 0.230 e. The second kappa shape index (κ2) is 8.01. The van der Waals surface area contributed by atoms with Crippen LogP contribution in [-0.2, 0) is 11.2 Å². The van der Waals surface area contributed by atoms with Crippen LogP contribution in [0.15, 0.2) is 34.7 Å². The normalized spacial score (nSPS) is 10.4. The Morgan fingerprint density at radius 3 is 2.85 bits per heavy atom. The van der Waals surface area contributed by atoms with Crippen molar-refractivity contribution in [2.24, 2.45) is 0 Å². The van der Waals surface area contributed by atoms with Crippen molar-refractivity contribution in [1.29, 1.82) is 0 Å². The van der Waals surface area contributed by atoms with Gasteiger partial charge in [0.15, 0.2) is 4.34 Å². The Kier molecular flexibility index (Phi) is 6.01. The third-order valence-corrected chi connectivity index (χ3v) is 4.64. The summed E-state index contributed by atoms with van der Waals surface area (Å²) in [7, 11) is 0. The van der Waals surface area contributed by atoms with E-state index in [1.165, 1.54) is 24.2 Å². The Balaban J connectivity index is 1.82. The number of carbonyl (C=O) groups is 1. The molecule has 0 fully saturated rings. The van der Waals surface area contributed by atoms with E-state index in [9.17, 15) is 4.79 Å². The van der Waals surface area contributed by atoms with Gasteiger partial charge in [-0.1, -0.05) is 66.8 Å². The molecule has 0 saturated heterocycles. The van der Waals surface area contributed by atoms with Crippen LogP contribution in [-0.4, -0.2) is 21.9 Å². The van der Waals surface area contributed by atoms with Crippen molar-refractivity contribution in [3.63, 3.8) is 0 Å². The summed E-state index contributed by atoms with van der Waals surface area (Å²) in [5.74, 6) is 0.987. The van der Waals surface area contributed by atoms with Crippen LogP contribution in [0, 0.1) is 0 Å². The van der Waals surface area contributed by atoms with E-state index >= 15 is 0 Å². The third kappa shape index (κ3) is 4.94. The number of carbonyl (C=O) groups excluding carboxylic acids is 1. The molecule has 0 spiro atoms. The molecule has 1 aromatic heterocycles. The maximum atomic E-state index is 11.9. The highest BCUT2D eigenvalue weighted by Gasteiger charge is 2.09. The first-order valence-electron chi connectivity index (χ1n) is 6.58. The predicted octanol–water partition coefficient (Wildman–Crippen LogP) is 3.61. The summed E-state index contributed by atoms with van der Waals surface area (Å²) in [4.78, 5) is 11.9. The lowest BCUT2D eigenvalue weighted by Gasteiger charge is -2.00. The van der Waals surface area contributed by atoms with Crippen molar-refractivity contribution in [2.45, 2.75) is 30.5 Å². The largest absolute Gasteiger partial charge is 0.300 e. The number of thioether (sulfide) groups is 1. The monoisotopic (exact) mass is 307 g/mol. The van der Waals surface area contributed by atoms with Gasteiger partial charge in [-0.15, -0.1) is 10.2 Å². The van der Waals surface area contributed by atoms with Crippen molar-refractivity contribution in [3.8, 4) is 0 Å². The first kappa shape index (κ1) is 15.0. The first-order chi connectivity index (χ1) is 9.78. The lowest BCUT2D eigenvalue weighted by Crippen LogP contribution is -2.14. The topological polar surface area (TPSA) is 54.9 Å². The Bertz CT molecular complexity index is 542. The SMILES string of the molecule is CCCCSc1nnc(NC(=O)Cc2ccccc2)s1. The number of unbranched alkanes of at least 4 members (excludes halogenated alkanes) is 1. The van der Waals surface area contributed by atoms with Gasteiger partial charge in [0.1, 0.15) is 0 Å². The average Bonchev–Trinajstić information content (AvgIpc) is 2.87. The molecule has 2 rings (SSSR count). The van der Waals surface area contributed by atoms with Crippen LogP contribution in [0.1, 0.15) is 25.3 Å². The summed E-state index contributed by atoms with van der Waals surface area (Å²) in [5.41, 5.74) is 0.993. The molecule has 0 aliphatic heterocycles. The molecular weight excluding hydrogens is 290 g/mol. The number of nitrogens with zero attached hydrogens (tertiary/aromatic N) is 2. The fourth-order valence-corrected chi connectivity index (χ4v) is 3.49. The van der Waals surface area contributed by atoms with Crippen LogP contribution in [0.5, 0.6) is 0 Å². The minimum atomic E-state index is -0.0579. The van der Waals surface area contributed by atoms with Crippen LogP contribution in [0.3, 0.4) is 0 Å². The van der Waals surface area contributed by atoms with Gasteiger partial charge in [-0.3, -0.25) is 4.79 Å². The second-order valence-corrected chi connectivity index (χ2v) is 6.61. The smallest absolute Gasteiger partial charge is 0.230 e. The Morgan fingerprint density at radius 2 is 2.10 bits per heavy atom. The fourth-order valence-electron chi connectivity index (χ4n) is 1.57. The summed E-state index contributed by atoms with van der Waals surface area (Å²) in [6, 6.07) is 9.66.